The summed E-state index contributed by atoms with van der Waals surface area (Å²) in [5.74, 6) is -0.0545. The van der Waals surface area contributed by atoms with E-state index < -0.39 is 26.4 Å². The molecule has 47 heavy (non-hydrogen) atoms. The standard InChI is InChI=1S/C26H28N.C18H14N.Ir/c1-20-12-13-24(19-25(20)17-22-10-6-3-7-11-22)26-18-23(14-15-27-26)16-21-8-4-2-5-9-21;1-14-13-19-18(16-10-6-3-7-11-16)12-17(14)15-8-4-2-5-9-15;/h3,6-7,10-12,14-15,18-19,21H,2,4-5,8-9,16-17H2,1H3;2-10,12-13H,1H3;/q2*-1;/i1D3,16D2,17D2;1D3;. The van der Waals surface area contributed by atoms with E-state index in [0.717, 1.165) is 43.2 Å². The van der Waals surface area contributed by atoms with Crippen molar-refractivity contribution in [1.82, 2.24) is 9.97 Å². The molecule has 1 fully saturated rings. The Morgan fingerprint density at radius 1 is 0.723 bits per heavy atom. The number of hydrogen-bond acceptors (Lipinski definition) is 2. The molecule has 3 heteroatoms. The van der Waals surface area contributed by atoms with Gasteiger partial charge in [0.1, 0.15) is 0 Å². The summed E-state index contributed by atoms with van der Waals surface area (Å²) in [5.41, 5.74) is 5.08. The van der Waals surface area contributed by atoms with Gasteiger partial charge >= 0.3 is 0 Å². The molecule has 239 valence electrons. The maximum Gasteiger partial charge on any atom is 0.0349 e. The van der Waals surface area contributed by atoms with Crippen molar-refractivity contribution in [1.29, 1.82) is 0 Å². The third kappa shape index (κ3) is 9.44. The summed E-state index contributed by atoms with van der Waals surface area (Å²) in [6.07, 6.45) is 4.37. The Morgan fingerprint density at radius 3 is 2.21 bits per heavy atom. The van der Waals surface area contributed by atoms with Crippen molar-refractivity contribution in [3.8, 4) is 33.6 Å². The molecule has 0 aliphatic heterocycles. The Morgan fingerprint density at radius 2 is 1.47 bits per heavy atom. The predicted octanol–water partition coefficient (Wildman–Crippen LogP) is 11.1. The minimum atomic E-state index is -2.51. The maximum absolute atomic E-state index is 8.79. The van der Waals surface area contributed by atoms with Crippen molar-refractivity contribution in [2.75, 3.05) is 0 Å². The van der Waals surface area contributed by atoms with Crippen molar-refractivity contribution in [3.05, 3.63) is 168 Å². The van der Waals surface area contributed by atoms with Gasteiger partial charge in [-0.15, -0.1) is 70.8 Å². The summed E-state index contributed by atoms with van der Waals surface area (Å²) in [5, 5.41) is 0. The number of benzene rings is 4. The van der Waals surface area contributed by atoms with Crippen molar-refractivity contribution in [2.24, 2.45) is 5.92 Å². The monoisotopic (exact) mass is 801 g/mol. The molecular formula is C44H42IrN2-2. The van der Waals surface area contributed by atoms with Crippen molar-refractivity contribution < 1.29 is 33.8 Å². The fourth-order valence-corrected chi connectivity index (χ4v) is 5.58. The molecule has 0 spiro atoms. The predicted molar refractivity (Wildman–Crippen MR) is 191 cm³/mol. The van der Waals surface area contributed by atoms with E-state index in [1.54, 1.807) is 48.7 Å². The molecule has 2 nitrogen and oxygen atoms in total. The minimum Gasteiger partial charge on any atom is -0.305 e. The van der Waals surface area contributed by atoms with Crippen molar-refractivity contribution in [3.63, 3.8) is 0 Å². The van der Waals surface area contributed by atoms with Crippen LogP contribution in [0.5, 0.6) is 0 Å². The van der Waals surface area contributed by atoms with E-state index in [0.29, 0.717) is 33.6 Å². The largest absolute Gasteiger partial charge is 0.305 e. The second-order valence-corrected chi connectivity index (χ2v) is 11.3. The second kappa shape index (κ2) is 17.1. The molecule has 6 aromatic rings. The molecular weight excluding hydrogens is 749 g/mol. The van der Waals surface area contributed by atoms with Gasteiger partial charge in [0.2, 0.25) is 0 Å². The third-order valence-electron chi connectivity index (χ3n) is 7.99. The van der Waals surface area contributed by atoms with Gasteiger partial charge in [-0.3, -0.25) is 0 Å². The van der Waals surface area contributed by atoms with Crippen molar-refractivity contribution in [2.45, 2.75) is 58.6 Å². The van der Waals surface area contributed by atoms with Crippen LogP contribution in [0.4, 0.5) is 0 Å². The van der Waals surface area contributed by atoms with Crippen LogP contribution in [-0.4, -0.2) is 9.97 Å². The molecule has 0 atom stereocenters. The Bertz CT molecular complexity index is 2220. The van der Waals surface area contributed by atoms with Crippen LogP contribution < -0.4 is 0 Å². The average molecular weight is 801 g/mol. The minimum absolute atomic E-state index is 0. The van der Waals surface area contributed by atoms with Gasteiger partial charge in [0.05, 0.1) is 0 Å². The van der Waals surface area contributed by atoms with Gasteiger partial charge in [-0.05, 0) is 65.2 Å². The van der Waals surface area contributed by atoms with Crippen LogP contribution in [0.3, 0.4) is 0 Å². The number of hydrogen-bond donors (Lipinski definition) is 0. The van der Waals surface area contributed by atoms with Gasteiger partial charge in [0.15, 0.2) is 0 Å². The molecule has 2 aromatic heterocycles. The Hall–Kier alpha value is -4.17. The molecule has 0 unspecified atom stereocenters. The van der Waals surface area contributed by atoms with Crippen LogP contribution in [0, 0.1) is 31.8 Å². The molecule has 0 amide bonds. The number of nitrogens with zero attached hydrogens (tertiary/aromatic N) is 2. The fraction of sp³-hybridized carbons (Fsp3) is 0.227. The molecule has 1 aliphatic rings. The summed E-state index contributed by atoms with van der Waals surface area (Å²) in [6.45, 7) is -4.71. The molecule has 1 aliphatic carbocycles. The number of pyridine rings is 2. The Labute approximate surface area is 308 Å². The third-order valence-corrected chi connectivity index (χ3v) is 7.99. The summed E-state index contributed by atoms with van der Waals surface area (Å²) in [7, 11) is 0. The van der Waals surface area contributed by atoms with E-state index >= 15 is 0 Å². The Kier molecular flexibility index (Phi) is 8.45. The smallest absolute Gasteiger partial charge is 0.0349 e. The van der Waals surface area contributed by atoms with Gasteiger partial charge in [-0.2, -0.15) is 0 Å². The molecule has 4 aromatic carbocycles. The maximum atomic E-state index is 8.79. The normalized spacial score (nSPS) is 17.1. The zero-order valence-corrected chi connectivity index (χ0v) is 28.4. The van der Waals surface area contributed by atoms with Gasteiger partial charge in [-0.25, -0.2) is 0 Å². The van der Waals surface area contributed by atoms with E-state index in [1.807, 2.05) is 60.7 Å². The summed E-state index contributed by atoms with van der Waals surface area (Å²) < 4.78 is 82.1. The van der Waals surface area contributed by atoms with Gasteiger partial charge in [-0.1, -0.05) is 117 Å². The van der Waals surface area contributed by atoms with Crippen LogP contribution in [0.1, 0.15) is 73.6 Å². The number of aryl methyl sites for hydroxylation is 2. The number of rotatable bonds is 7. The SMILES string of the molecule is [2H]C([2H])([2H])c1c[c-]c(-c2cc(C([2H])([2H])C3CCCCC3)ccn2)cc1C([2H])([2H])c1ccccc1.[2H]C([2H])([2H])c1cnc(-c2[c-]cccc2)cc1-c1ccccc1.[Ir]. The molecule has 0 bridgehead atoms. The van der Waals surface area contributed by atoms with Gasteiger partial charge < -0.3 is 9.97 Å². The first-order valence-corrected chi connectivity index (χ1v) is 15.7. The Balaban J connectivity index is 0.000000233. The van der Waals surface area contributed by atoms with Crippen LogP contribution in [0.2, 0.25) is 0 Å². The van der Waals surface area contributed by atoms with E-state index in [9.17, 15) is 0 Å². The van der Waals surface area contributed by atoms with Crippen LogP contribution in [0.25, 0.3) is 33.6 Å². The van der Waals surface area contributed by atoms with E-state index in [2.05, 4.69) is 22.1 Å². The first-order chi connectivity index (χ1) is 26.6. The van der Waals surface area contributed by atoms with Gasteiger partial charge in [0, 0.05) is 46.2 Å². The van der Waals surface area contributed by atoms with Crippen molar-refractivity contribution >= 4 is 0 Å². The summed E-state index contributed by atoms with van der Waals surface area (Å²) in [4.78, 5) is 8.71. The zero-order valence-electron chi connectivity index (χ0n) is 36.0. The molecule has 2 heterocycles. The zero-order chi connectivity index (χ0) is 40.1. The second-order valence-electron chi connectivity index (χ2n) is 11.3. The molecule has 0 saturated heterocycles. The van der Waals surface area contributed by atoms with E-state index in [4.69, 9.17) is 13.7 Å². The first-order valence-electron chi connectivity index (χ1n) is 20.7. The summed E-state index contributed by atoms with van der Waals surface area (Å²) in [6, 6.07) is 39.6. The average Bonchev–Trinajstić information content (AvgIpc) is 3.21. The molecule has 1 radical (unpaired) electrons. The summed E-state index contributed by atoms with van der Waals surface area (Å²) >= 11 is 0. The van der Waals surface area contributed by atoms with E-state index in [1.165, 1.54) is 18.3 Å². The molecule has 0 N–H and O–H groups in total. The fourth-order valence-electron chi connectivity index (χ4n) is 5.58. The van der Waals surface area contributed by atoms with Crippen LogP contribution in [-0.2, 0) is 32.9 Å². The molecule has 1 saturated carbocycles. The topological polar surface area (TPSA) is 25.8 Å². The van der Waals surface area contributed by atoms with E-state index in [-0.39, 0.29) is 42.7 Å². The van der Waals surface area contributed by atoms with Gasteiger partial charge in [0.25, 0.3) is 0 Å². The number of aromatic nitrogens is 2. The van der Waals surface area contributed by atoms with Crippen LogP contribution in [0.15, 0.2) is 128 Å². The molecule has 7 rings (SSSR count). The quantitative estimate of drug-likeness (QED) is 0.150. The van der Waals surface area contributed by atoms with Crippen LogP contribution >= 0.6 is 0 Å². The first kappa shape index (κ1) is 23.2.